The molecule has 0 saturated heterocycles. The highest BCUT2D eigenvalue weighted by Crippen LogP contribution is 2.46. The second kappa shape index (κ2) is 11.9. The van der Waals surface area contributed by atoms with Crippen molar-refractivity contribution in [3.05, 3.63) is 90.0 Å². The number of unbranched alkanes of at least 4 members (excludes halogenated alkanes) is 2. The molecule has 0 spiro atoms. The molecule has 1 saturated carbocycles. The van der Waals surface area contributed by atoms with E-state index in [-0.39, 0.29) is 6.42 Å². The number of carbonyl (C=O) groups excluding carboxylic acids is 2. The Balaban J connectivity index is 1.57. The van der Waals surface area contributed by atoms with Crippen LogP contribution in [0.3, 0.4) is 0 Å². The van der Waals surface area contributed by atoms with Crippen molar-refractivity contribution in [3.8, 4) is 16.9 Å². The number of nitrogens with zero attached hydrogens (tertiary/aromatic N) is 1. The van der Waals surface area contributed by atoms with Crippen LogP contribution in [0.4, 0.5) is 0 Å². The van der Waals surface area contributed by atoms with Crippen LogP contribution >= 0.6 is 0 Å². The number of nitrogens with two attached hydrogens (primary N) is 1. The van der Waals surface area contributed by atoms with E-state index in [0.717, 1.165) is 11.1 Å². The summed E-state index contributed by atoms with van der Waals surface area (Å²) in [6.45, 7) is 0.307. The van der Waals surface area contributed by atoms with Gasteiger partial charge in [-0.1, -0.05) is 60.7 Å². The first-order valence-electron chi connectivity index (χ1n) is 12.7. The lowest BCUT2D eigenvalue weighted by atomic mass is 10.00. The van der Waals surface area contributed by atoms with Crippen LogP contribution in [0.1, 0.15) is 60.5 Å². The zero-order valence-electron chi connectivity index (χ0n) is 21.1. The van der Waals surface area contributed by atoms with E-state index in [2.05, 4.69) is 0 Å². The third kappa shape index (κ3) is 6.39. The number of aliphatic carboxylic acids is 1. The molecule has 0 aliphatic heterocycles. The van der Waals surface area contributed by atoms with Crippen LogP contribution in [0.25, 0.3) is 11.1 Å². The first kappa shape index (κ1) is 26.9. The number of benzene rings is 3. The van der Waals surface area contributed by atoms with E-state index in [4.69, 9.17) is 15.6 Å². The molecule has 0 radical (unpaired) electrons. The number of carboxylic acid groups (broad SMARTS) is 1. The molecule has 0 heterocycles. The molecule has 4 rings (SSSR count). The SMILES string of the molecule is NC(=O)C(c1ccccc1OCCCCCC(=O)O)N(C(=O)c1ccc(-c2ccccc2)cc1)C1(O)CC1. The van der Waals surface area contributed by atoms with Crippen LogP contribution < -0.4 is 10.5 Å². The van der Waals surface area contributed by atoms with Crippen molar-refractivity contribution in [2.45, 2.75) is 50.3 Å². The molecule has 198 valence electrons. The molecular weight excluding hydrogens is 484 g/mol. The average Bonchev–Trinajstić information content (AvgIpc) is 3.67. The van der Waals surface area contributed by atoms with Gasteiger partial charge in [0.05, 0.1) is 6.61 Å². The van der Waals surface area contributed by atoms with Crippen LogP contribution in [0.15, 0.2) is 78.9 Å². The van der Waals surface area contributed by atoms with Gasteiger partial charge in [0.2, 0.25) is 5.91 Å². The summed E-state index contributed by atoms with van der Waals surface area (Å²) in [6.07, 6.45) is 2.61. The minimum atomic E-state index is -1.49. The van der Waals surface area contributed by atoms with Crippen LogP contribution in [-0.2, 0) is 9.59 Å². The second-order valence-electron chi connectivity index (χ2n) is 9.50. The maximum atomic E-state index is 13.8. The molecule has 3 aromatic carbocycles. The first-order valence-corrected chi connectivity index (χ1v) is 12.7. The quantitative estimate of drug-likeness (QED) is 0.226. The zero-order chi connectivity index (χ0) is 27.1. The zero-order valence-corrected chi connectivity index (χ0v) is 21.1. The fourth-order valence-electron chi connectivity index (χ4n) is 4.47. The fourth-order valence-corrected chi connectivity index (χ4v) is 4.47. The van der Waals surface area contributed by atoms with E-state index in [1.54, 1.807) is 36.4 Å². The number of aliphatic hydroxyl groups is 1. The largest absolute Gasteiger partial charge is 0.493 e. The van der Waals surface area contributed by atoms with Crippen molar-refractivity contribution in [3.63, 3.8) is 0 Å². The Hall–Kier alpha value is -4.17. The number of ether oxygens (including phenoxy) is 1. The lowest BCUT2D eigenvalue weighted by Crippen LogP contribution is -2.49. The minimum absolute atomic E-state index is 0.0995. The molecule has 1 aliphatic rings. The molecule has 4 N–H and O–H groups in total. The predicted molar refractivity (Wildman–Crippen MR) is 142 cm³/mol. The monoisotopic (exact) mass is 516 g/mol. The highest BCUT2D eigenvalue weighted by molar-refractivity contribution is 5.99. The summed E-state index contributed by atoms with van der Waals surface area (Å²) in [4.78, 5) is 38.5. The van der Waals surface area contributed by atoms with Gasteiger partial charge in [-0.2, -0.15) is 0 Å². The average molecular weight is 517 g/mol. The fraction of sp³-hybridized carbons (Fsp3) is 0.300. The third-order valence-electron chi connectivity index (χ3n) is 6.64. The summed E-state index contributed by atoms with van der Waals surface area (Å²) in [5.41, 5.74) is 7.02. The van der Waals surface area contributed by atoms with E-state index in [0.29, 0.717) is 55.6 Å². The van der Waals surface area contributed by atoms with Crippen molar-refractivity contribution in [2.75, 3.05) is 6.61 Å². The highest BCUT2D eigenvalue weighted by Gasteiger charge is 2.53. The van der Waals surface area contributed by atoms with Gasteiger partial charge < -0.3 is 20.7 Å². The van der Waals surface area contributed by atoms with Crippen molar-refractivity contribution in [2.24, 2.45) is 5.73 Å². The van der Waals surface area contributed by atoms with E-state index in [9.17, 15) is 19.5 Å². The van der Waals surface area contributed by atoms with Gasteiger partial charge in [0.25, 0.3) is 5.91 Å². The molecule has 8 heteroatoms. The van der Waals surface area contributed by atoms with Crippen LogP contribution in [-0.4, -0.2) is 45.2 Å². The van der Waals surface area contributed by atoms with Gasteiger partial charge in [0.1, 0.15) is 17.5 Å². The van der Waals surface area contributed by atoms with E-state index in [1.165, 1.54) is 4.90 Å². The van der Waals surface area contributed by atoms with Gasteiger partial charge in [-0.05, 0) is 61.4 Å². The third-order valence-corrected chi connectivity index (χ3v) is 6.64. The standard InChI is InChI=1S/C30H32N2O6/c31-28(35)27(24-11-6-7-12-25(24)38-20-8-2-5-13-26(33)34)32(30(37)18-19-30)29(36)23-16-14-22(15-17-23)21-9-3-1-4-10-21/h1,3-4,6-7,9-12,14-17,27,37H,2,5,8,13,18-20H2,(H2,31,35)(H,33,34). The Labute approximate surface area is 221 Å². The van der Waals surface area contributed by atoms with Crippen molar-refractivity contribution >= 4 is 17.8 Å². The number of para-hydroxylation sites is 1. The van der Waals surface area contributed by atoms with Crippen LogP contribution in [0.5, 0.6) is 5.75 Å². The van der Waals surface area contributed by atoms with Gasteiger partial charge in [-0.3, -0.25) is 19.3 Å². The Morgan fingerprint density at radius 2 is 1.50 bits per heavy atom. The van der Waals surface area contributed by atoms with E-state index in [1.807, 2.05) is 42.5 Å². The molecule has 1 aliphatic carbocycles. The topological polar surface area (TPSA) is 130 Å². The molecule has 38 heavy (non-hydrogen) atoms. The number of primary amides is 1. The molecule has 1 atom stereocenters. The smallest absolute Gasteiger partial charge is 0.303 e. The number of hydrogen-bond donors (Lipinski definition) is 3. The normalized spacial score (nSPS) is 14.3. The van der Waals surface area contributed by atoms with Crippen LogP contribution in [0.2, 0.25) is 0 Å². The molecule has 1 fully saturated rings. The summed E-state index contributed by atoms with van der Waals surface area (Å²) in [5.74, 6) is -1.73. The first-order chi connectivity index (χ1) is 18.3. The maximum Gasteiger partial charge on any atom is 0.303 e. The van der Waals surface area contributed by atoms with E-state index < -0.39 is 29.6 Å². The van der Waals surface area contributed by atoms with Gasteiger partial charge >= 0.3 is 5.97 Å². The number of hydrogen-bond acceptors (Lipinski definition) is 5. The predicted octanol–water partition coefficient (Wildman–Crippen LogP) is 4.53. The Morgan fingerprint density at radius 3 is 2.13 bits per heavy atom. The summed E-state index contributed by atoms with van der Waals surface area (Å²) in [6, 6.07) is 22.4. The van der Waals surface area contributed by atoms with Gasteiger partial charge in [-0.15, -0.1) is 0 Å². The number of rotatable bonds is 13. The Kier molecular flexibility index (Phi) is 8.43. The van der Waals surface area contributed by atoms with Gasteiger partial charge in [-0.25, -0.2) is 0 Å². The molecule has 0 aromatic heterocycles. The number of carboxylic acids is 1. The molecule has 3 aromatic rings. The lowest BCUT2D eigenvalue weighted by Gasteiger charge is -2.35. The number of carbonyl (C=O) groups is 3. The van der Waals surface area contributed by atoms with Crippen molar-refractivity contribution < 1.29 is 29.3 Å². The summed E-state index contributed by atoms with van der Waals surface area (Å²) >= 11 is 0. The molecule has 0 bridgehead atoms. The van der Waals surface area contributed by atoms with Gasteiger partial charge in [0.15, 0.2) is 0 Å². The second-order valence-corrected chi connectivity index (χ2v) is 9.50. The molecule has 1 unspecified atom stereocenters. The van der Waals surface area contributed by atoms with Crippen LogP contribution in [0, 0.1) is 0 Å². The Morgan fingerprint density at radius 1 is 0.868 bits per heavy atom. The number of amides is 2. The summed E-state index contributed by atoms with van der Waals surface area (Å²) < 4.78 is 5.93. The minimum Gasteiger partial charge on any atom is -0.493 e. The summed E-state index contributed by atoms with van der Waals surface area (Å²) in [7, 11) is 0. The lowest BCUT2D eigenvalue weighted by molar-refractivity contribution is -0.137. The van der Waals surface area contributed by atoms with Crippen molar-refractivity contribution in [1.29, 1.82) is 0 Å². The molecule has 8 nitrogen and oxygen atoms in total. The molecule has 2 amide bonds. The Bertz CT molecular complexity index is 1270. The highest BCUT2D eigenvalue weighted by atomic mass is 16.5. The summed E-state index contributed by atoms with van der Waals surface area (Å²) in [5, 5.41) is 19.9. The van der Waals surface area contributed by atoms with Crippen molar-refractivity contribution in [1.82, 2.24) is 4.90 Å². The maximum absolute atomic E-state index is 13.8. The molecular formula is C30H32N2O6. The van der Waals surface area contributed by atoms with Gasteiger partial charge in [0, 0.05) is 17.5 Å². The van der Waals surface area contributed by atoms with E-state index >= 15 is 0 Å².